The molecule has 0 saturated heterocycles. The van der Waals surface area contributed by atoms with Crippen LogP contribution in [-0.2, 0) is 9.84 Å². The van der Waals surface area contributed by atoms with Gasteiger partial charge < -0.3 is 5.73 Å². The predicted molar refractivity (Wildman–Crippen MR) is 76.7 cm³/mol. The van der Waals surface area contributed by atoms with Gasteiger partial charge in [-0.05, 0) is 25.0 Å². The van der Waals surface area contributed by atoms with E-state index in [1.165, 1.54) is 38.4 Å². The van der Waals surface area contributed by atoms with Crippen molar-refractivity contribution < 1.29 is 8.42 Å². The summed E-state index contributed by atoms with van der Waals surface area (Å²) in [6.45, 7) is 0. The van der Waals surface area contributed by atoms with Crippen LogP contribution in [0.3, 0.4) is 0 Å². The van der Waals surface area contributed by atoms with Gasteiger partial charge in [-0.25, -0.2) is 8.42 Å². The number of hydrogen-bond acceptors (Lipinski definition) is 4. The fourth-order valence-corrected chi connectivity index (χ4v) is 4.53. The molecule has 0 atom stereocenters. The first-order valence-corrected chi connectivity index (χ1v) is 9.01. The quantitative estimate of drug-likeness (QED) is 0.867. The molecule has 1 aromatic carbocycles. The summed E-state index contributed by atoms with van der Waals surface area (Å²) in [4.78, 5) is 1.16. The van der Waals surface area contributed by atoms with Gasteiger partial charge in [0.15, 0.2) is 9.84 Å². The maximum absolute atomic E-state index is 11.6. The molecule has 1 aromatic rings. The molecule has 3 nitrogen and oxygen atoms in total. The third kappa shape index (κ3) is 3.20. The lowest BCUT2D eigenvalue weighted by Gasteiger charge is -2.22. The standard InChI is InChI=1S/C13H19NO2S2/c1-18(15,16)12-9-5-8-11(13(12)14)17-10-6-3-2-4-7-10/h5,8-10H,2-4,6-7,14H2,1H3. The fourth-order valence-electron chi connectivity index (χ4n) is 2.31. The van der Waals surface area contributed by atoms with E-state index in [1.54, 1.807) is 23.9 Å². The minimum atomic E-state index is -3.24. The summed E-state index contributed by atoms with van der Waals surface area (Å²) in [6, 6.07) is 5.27. The van der Waals surface area contributed by atoms with Gasteiger partial charge in [0.05, 0.1) is 10.6 Å². The number of hydrogen-bond donors (Lipinski definition) is 1. The lowest BCUT2D eigenvalue weighted by atomic mass is 10.0. The number of anilines is 1. The Balaban J connectivity index is 2.23. The molecule has 0 aromatic heterocycles. The predicted octanol–water partition coefficient (Wildman–Crippen LogP) is 3.10. The second-order valence-corrected chi connectivity index (χ2v) is 8.14. The first-order valence-electron chi connectivity index (χ1n) is 6.23. The minimum Gasteiger partial charge on any atom is -0.397 e. The average Bonchev–Trinajstić information content (AvgIpc) is 2.32. The third-order valence-electron chi connectivity index (χ3n) is 3.27. The molecule has 0 bridgehead atoms. The van der Waals surface area contributed by atoms with Crippen molar-refractivity contribution in [2.75, 3.05) is 12.0 Å². The van der Waals surface area contributed by atoms with Crippen molar-refractivity contribution in [1.82, 2.24) is 0 Å². The van der Waals surface area contributed by atoms with Crippen molar-refractivity contribution in [3.8, 4) is 0 Å². The van der Waals surface area contributed by atoms with E-state index in [4.69, 9.17) is 5.73 Å². The van der Waals surface area contributed by atoms with Crippen molar-refractivity contribution in [2.45, 2.75) is 47.1 Å². The Bertz CT molecular complexity index is 520. The summed E-state index contributed by atoms with van der Waals surface area (Å²) in [5, 5.41) is 0.580. The molecule has 2 N–H and O–H groups in total. The molecule has 1 fully saturated rings. The summed E-state index contributed by atoms with van der Waals surface area (Å²) in [5.41, 5.74) is 6.40. The van der Waals surface area contributed by atoms with Crippen molar-refractivity contribution in [1.29, 1.82) is 0 Å². The SMILES string of the molecule is CS(=O)(=O)c1cccc(SC2CCCCC2)c1N. The second kappa shape index (κ2) is 5.53. The molecule has 5 heteroatoms. The van der Waals surface area contributed by atoms with Gasteiger partial charge in [-0.1, -0.05) is 25.3 Å². The Hall–Kier alpha value is -0.680. The number of sulfone groups is 1. The zero-order valence-corrected chi connectivity index (χ0v) is 12.2. The smallest absolute Gasteiger partial charge is 0.177 e. The molecule has 0 amide bonds. The van der Waals surface area contributed by atoms with Crippen molar-refractivity contribution in [3.05, 3.63) is 18.2 Å². The Kier molecular flexibility index (Phi) is 4.22. The number of thioether (sulfide) groups is 1. The number of rotatable bonds is 3. The third-order valence-corrected chi connectivity index (χ3v) is 5.84. The highest BCUT2D eigenvalue weighted by Gasteiger charge is 2.19. The molecule has 2 rings (SSSR count). The monoisotopic (exact) mass is 285 g/mol. The molecule has 0 radical (unpaired) electrons. The van der Waals surface area contributed by atoms with Crippen LogP contribution in [0.4, 0.5) is 5.69 Å². The van der Waals surface area contributed by atoms with Gasteiger partial charge in [-0.3, -0.25) is 0 Å². The van der Waals surface area contributed by atoms with Crippen molar-refractivity contribution >= 4 is 27.3 Å². The van der Waals surface area contributed by atoms with Crippen LogP contribution in [0.1, 0.15) is 32.1 Å². The van der Waals surface area contributed by atoms with Gasteiger partial charge in [0.2, 0.25) is 0 Å². The first kappa shape index (κ1) is 13.7. The lowest BCUT2D eigenvalue weighted by molar-refractivity contribution is 0.516. The summed E-state index contributed by atoms with van der Waals surface area (Å²) in [6.07, 6.45) is 7.46. The molecular formula is C13H19NO2S2. The van der Waals surface area contributed by atoms with Crippen LogP contribution in [0.25, 0.3) is 0 Å². The molecule has 100 valence electrons. The van der Waals surface area contributed by atoms with Gasteiger partial charge in [0.25, 0.3) is 0 Å². The molecule has 0 heterocycles. The molecule has 1 aliphatic rings. The normalized spacial score (nSPS) is 17.8. The molecule has 0 aliphatic heterocycles. The topological polar surface area (TPSA) is 60.2 Å². The molecule has 1 saturated carbocycles. The maximum Gasteiger partial charge on any atom is 0.177 e. The summed E-state index contributed by atoms with van der Waals surface area (Å²) in [5.74, 6) is 0. The van der Waals surface area contributed by atoms with E-state index in [0.717, 1.165) is 4.90 Å². The van der Waals surface area contributed by atoms with Gasteiger partial charge in [0, 0.05) is 16.4 Å². The molecular weight excluding hydrogens is 266 g/mol. The number of nitrogen functional groups attached to an aromatic ring is 1. The van der Waals surface area contributed by atoms with Gasteiger partial charge >= 0.3 is 0 Å². The maximum atomic E-state index is 11.6. The Labute approximate surface area is 113 Å². The average molecular weight is 285 g/mol. The number of nitrogens with two attached hydrogens (primary N) is 1. The van der Waals surface area contributed by atoms with Crippen LogP contribution >= 0.6 is 11.8 Å². The zero-order valence-electron chi connectivity index (χ0n) is 10.6. The van der Waals surface area contributed by atoms with Crippen molar-refractivity contribution in [2.24, 2.45) is 0 Å². The van der Waals surface area contributed by atoms with Gasteiger partial charge in [-0.15, -0.1) is 11.8 Å². The minimum absolute atomic E-state index is 0.253. The number of benzene rings is 1. The van der Waals surface area contributed by atoms with Gasteiger partial charge in [-0.2, -0.15) is 0 Å². The fraction of sp³-hybridized carbons (Fsp3) is 0.538. The largest absolute Gasteiger partial charge is 0.397 e. The highest BCUT2D eigenvalue weighted by Crippen LogP contribution is 2.38. The van der Waals surface area contributed by atoms with Crippen LogP contribution < -0.4 is 5.73 Å². The van der Waals surface area contributed by atoms with E-state index in [1.807, 2.05) is 6.07 Å². The van der Waals surface area contributed by atoms with Crippen LogP contribution in [0.2, 0.25) is 0 Å². The van der Waals surface area contributed by atoms with Crippen LogP contribution in [-0.4, -0.2) is 19.9 Å². The highest BCUT2D eigenvalue weighted by atomic mass is 32.2. The Morgan fingerprint density at radius 1 is 1.22 bits per heavy atom. The Morgan fingerprint density at radius 3 is 2.50 bits per heavy atom. The summed E-state index contributed by atoms with van der Waals surface area (Å²) < 4.78 is 23.2. The van der Waals surface area contributed by atoms with Crippen LogP contribution in [0, 0.1) is 0 Å². The van der Waals surface area contributed by atoms with E-state index in [-0.39, 0.29) is 4.90 Å². The van der Waals surface area contributed by atoms with E-state index in [2.05, 4.69) is 0 Å². The van der Waals surface area contributed by atoms with Crippen molar-refractivity contribution in [3.63, 3.8) is 0 Å². The lowest BCUT2D eigenvalue weighted by Crippen LogP contribution is -2.09. The van der Waals surface area contributed by atoms with Crippen LogP contribution in [0.15, 0.2) is 28.0 Å². The molecule has 18 heavy (non-hydrogen) atoms. The second-order valence-electron chi connectivity index (χ2n) is 4.82. The van der Waals surface area contributed by atoms with Gasteiger partial charge in [0.1, 0.15) is 0 Å². The first-order chi connectivity index (χ1) is 8.48. The highest BCUT2D eigenvalue weighted by molar-refractivity contribution is 8.00. The van der Waals surface area contributed by atoms with E-state index < -0.39 is 9.84 Å². The Morgan fingerprint density at radius 2 is 1.89 bits per heavy atom. The van der Waals surface area contributed by atoms with E-state index in [9.17, 15) is 8.42 Å². The zero-order chi connectivity index (χ0) is 13.2. The van der Waals surface area contributed by atoms with E-state index in [0.29, 0.717) is 10.9 Å². The molecule has 0 unspecified atom stereocenters. The summed E-state index contributed by atoms with van der Waals surface area (Å²) in [7, 11) is -3.24. The summed E-state index contributed by atoms with van der Waals surface area (Å²) >= 11 is 1.73. The van der Waals surface area contributed by atoms with E-state index >= 15 is 0 Å². The van der Waals surface area contributed by atoms with Crippen LogP contribution in [0.5, 0.6) is 0 Å². The molecule has 0 spiro atoms. The number of para-hydroxylation sites is 1. The molecule has 1 aliphatic carbocycles.